The summed E-state index contributed by atoms with van der Waals surface area (Å²) in [6.45, 7) is 14.5. The van der Waals surface area contributed by atoms with Crippen LogP contribution in [0.5, 0.6) is 0 Å². The normalized spacial score (nSPS) is 15.0. The number of anilines is 1. The van der Waals surface area contributed by atoms with E-state index in [4.69, 9.17) is 19.2 Å². The van der Waals surface area contributed by atoms with Gasteiger partial charge in [-0.3, -0.25) is 14.4 Å². The molecule has 0 bridgehead atoms. The van der Waals surface area contributed by atoms with Gasteiger partial charge in [0.2, 0.25) is 12.7 Å². The van der Waals surface area contributed by atoms with Crippen molar-refractivity contribution in [2.75, 3.05) is 19.2 Å². The van der Waals surface area contributed by atoms with Gasteiger partial charge in [-0.1, -0.05) is 35.9 Å². The van der Waals surface area contributed by atoms with Crippen LogP contribution in [0.25, 0.3) is 5.69 Å². The lowest BCUT2D eigenvalue weighted by molar-refractivity contribution is -0.156. The minimum Gasteiger partial charge on any atom is -0.444 e. The summed E-state index contributed by atoms with van der Waals surface area (Å²) < 4.78 is 57.1. The SMILES string of the molecule is C=C[C@H](C)Nc1nc2c(c(=O)n1-c1ccc(C(=O)N(C)C(=O)OCOC(=O)[C@H](NC(=O)OC(C)(C)C)C(C)C)cc1)C[C@@H](C)N(C(=O)c1ccc(Br)c(C(F)(F)F)c1)C2. The minimum absolute atomic E-state index is 0.0314. The van der Waals surface area contributed by atoms with E-state index in [2.05, 4.69) is 33.1 Å². The zero-order valence-electron chi connectivity index (χ0n) is 33.7. The van der Waals surface area contributed by atoms with E-state index in [0.717, 1.165) is 19.2 Å². The summed E-state index contributed by atoms with van der Waals surface area (Å²) >= 11 is 2.90. The second kappa shape index (κ2) is 18.5. The number of hydrogen-bond acceptors (Lipinski definition) is 11. The van der Waals surface area contributed by atoms with Crippen molar-refractivity contribution < 1.29 is 51.4 Å². The van der Waals surface area contributed by atoms with Crippen molar-refractivity contribution >= 4 is 51.8 Å². The molecular formula is C40H46BrF3N6O9. The standard InChI is InChI=1S/C40H46BrF3N6O9/c1-10-22(4)45-36-46-30-19-49(33(52)25-13-16-29(41)28(18-25)40(42,43)44)23(5)17-27(30)34(53)50(36)26-14-11-24(12-15-26)32(51)48(9)38(56)58-20-57-35(54)31(21(2)3)47-37(55)59-39(6,7)8/h10-16,18,21-23,31H,1,17,19-20H2,2-9H3,(H,45,46)(H,47,55)/t22-,23+,31+/m0/s1. The highest BCUT2D eigenvalue weighted by Crippen LogP contribution is 2.36. The van der Waals surface area contributed by atoms with Gasteiger partial charge in [-0.05, 0) is 89.4 Å². The molecule has 1 aliphatic rings. The van der Waals surface area contributed by atoms with Gasteiger partial charge in [0.1, 0.15) is 11.6 Å². The number of amides is 4. The third kappa shape index (κ3) is 11.3. The molecule has 318 valence electrons. The smallest absolute Gasteiger partial charge is 0.419 e. The van der Waals surface area contributed by atoms with Crippen LogP contribution in [0, 0.1) is 5.92 Å². The van der Waals surface area contributed by atoms with Gasteiger partial charge in [0, 0.05) is 40.3 Å². The molecule has 4 amide bonds. The van der Waals surface area contributed by atoms with Crippen molar-refractivity contribution in [3.63, 3.8) is 0 Å². The fourth-order valence-corrected chi connectivity index (χ4v) is 6.33. The molecule has 15 nitrogen and oxygen atoms in total. The average Bonchev–Trinajstić information content (AvgIpc) is 3.15. The summed E-state index contributed by atoms with van der Waals surface area (Å²) in [7, 11) is 1.15. The molecule has 0 saturated carbocycles. The van der Waals surface area contributed by atoms with E-state index in [1.54, 1.807) is 54.5 Å². The molecule has 0 aliphatic carbocycles. The predicted molar refractivity (Wildman–Crippen MR) is 213 cm³/mol. The van der Waals surface area contributed by atoms with Gasteiger partial charge in [0.15, 0.2) is 0 Å². The van der Waals surface area contributed by atoms with E-state index in [1.807, 2.05) is 0 Å². The number of nitrogens with zero attached hydrogens (tertiary/aromatic N) is 4. The monoisotopic (exact) mass is 890 g/mol. The number of carbonyl (C=O) groups excluding carboxylic acids is 5. The fourth-order valence-electron chi connectivity index (χ4n) is 5.86. The van der Waals surface area contributed by atoms with Crippen molar-refractivity contribution in [1.82, 2.24) is 24.7 Å². The molecule has 0 unspecified atom stereocenters. The van der Waals surface area contributed by atoms with E-state index in [-0.39, 0.29) is 51.5 Å². The highest BCUT2D eigenvalue weighted by Gasteiger charge is 2.36. The Hall–Kier alpha value is -5.72. The molecule has 59 heavy (non-hydrogen) atoms. The van der Waals surface area contributed by atoms with Gasteiger partial charge in [0.25, 0.3) is 17.4 Å². The maximum absolute atomic E-state index is 14.2. The number of nitrogens with one attached hydrogen (secondary N) is 2. The number of alkyl halides is 3. The molecule has 0 spiro atoms. The largest absolute Gasteiger partial charge is 0.444 e. The highest BCUT2D eigenvalue weighted by molar-refractivity contribution is 9.10. The third-order valence-electron chi connectivity index (χ3n) is 9.03. The number of carbonyl (C=O) groups is 5. The molecule has 0 saturated heterocycles. The van der Waals surface area contributed by atoms with E-state index in [1.165, 1.54) is 39.8 Å². The number of hydrogen-bond donors (Lipinski definition) is 2. The van der Waals surface area contributed by atoms with Crippen LogP contribution in [-0.4, -0.2) is 86.9 Å². The Morgan fingerprint density at radius 2 is 1.66 bits per heavy atom. The Kier molecular flexibility index (Phi) is 14.4. The van der Waals surface area contributed by atoms with Crippen LogP contribution in [0.15, 0.2) is 64.4 Å². The van der Waals surface area contributed by atoms with Gasteiger partial charge in [-0.25, -0.2) is 28.8 Å². The van der Waals surface area contributed by atoms with Crippen molar-refractivity contribution in [1.29, 1.82) is 0 Å². The molecule has 4 rings (SSSR count). The van der Waals surface area contributed by atoms with Gasteiger partial charge in [0.05, 0.1) is 23.5 Å². The molecule has 3 aromatic rings. The quantitative estimate of drug-likeness (QED) is 0.117. The maximum Gasteiger partial charge on any atom is 0.419 e. The van der Waals surface area contributed by atoms with Crippen LogP contribution >= 0.6 is 15.9 Å². The van der Waals surface area contributed by atoms with Crippen molar-refractivity contribution in [2.45, 2.75) is 91.3 Å². The molecule has 1 aromatic heterocycles. The zero-order valence-corrected chi connectivity index (χ0v) is 35.3. The Balaban J connectivity index is 1.51. The second-order valence-electron chi connectivity index (χ2n) is 15.1. The number of esters is 1. The minimum atomic E-state index is -4.70. The van der Waals surface area contributed by atoms with E-state index in [0.29, 0.717) is 4.90 Å². The molecule has 3 atom stereocenters. The molecule has 1 aliphatic heterocycles. The van der Waals surface area contributed by atoms with E-state index < -0.39 is 83.7 Å². The number of halogens is 4. The van der Waals surface area contributed by atoms with E-state index in [9.17, 15) is 41.9 Å². The number of imide groups is 1. The van der Waals surface area contributed by atoms with Crippen LogP contribution in [0.2, 0.25) is 0 Å². The second-order valence-corrected chi connectivity index (χ2v) is 16.0. The highest BCUT2D eigenvalue weighted by atomic mass is 79.9. The number of rotatable bonds is 11. The summed E-state index contributed by atoms with van der Waals surface area (Å²) in [5.74, 6) is -2.68. The Bertz CT molecular complexity index is 2170. The molecule has 0 radical (unpaired) electrons. The Morgan fingerprint density at radius 1 is 1.03 bits per heavy atom. The lowest BCUT2D eigenvalue weighted by Gasteiger charge is -2.35. The van der Waals surface area contributed by atoms with Crippen molar-refractivity contribution in [2.24, 2.45) is 5.92 Å². The zero-order chi connectivity index (χ0) is 44.1. The lowest BCUT2D eigenvalue weighted by atomic mass is 9.98. The number of fused-ring (bicyclic) bond motifs is 1. The Labute approximate surface area is 347 Å². The van der Waals surface area contributed by atoms with Crippen LogP contribution < -0.4 is 16.2 Å². The maximum atomic E-state index is 14.2. The first kappa shape index (κ1) is 46.0. The third-order valence-corrected chi connectivity index (χ3v) is 9.72. The number of alkyl carbamates (subject to hydrolysis) is 1. The molecule has 19 heteroatoms. The molecule has 2 heterocycles. The number of aromatic nitrogens is 2. The summed E-state index contributed by atoms with van der Waals surface area (Å²) in [6, 6.07) is 6.81. The molecule has 0 fully saturated rings. The van der Waals surface area contributed by atoms with Crippen LogP contribution in [0.1, 0.15) is 86.0 Å². The first-order valence-electron chi connectivity index (χ1n) is 18.4. The lowest BCUT2D eigenvalue weighted by Crippen LogP contribution is -2.47. The summed E-state index contributed by atoms with van der Waals surface area (Å²) in [4.78, 5) is 85.3. The van der Waals surface area contributed by atoms with Gasteiger partial charge >= 0.3 is 24.3 Å². The molecule has 2 aromatic carbocycles. The molecule has 2 N–H and O–H groups in total. The molecular weight excluding hydrogens is 845 g/mol. The van der Waals surface area contributed by atoms with Crippen molar-refractivity contribution in [3.8, 4) is 5.69 Å². The first-order chi connectivity index (χ1) is 27.4. The summed E-state index contributed by atoms with van der Waals surface area (Å²) in [5.41, 5.74) is -1.60. The van der Waals surface area contributed by atoms with Crippen LogP contribution in [0.3, 0.4) is 0 Å². The van der Waals surface area contributed by atoms with Gasteiger partial charge < -0.3 is 29.7 Å². The fraction of sp³-hybridized carbons (Fsp3) is 0.425. The number of benzene rings is 2. The summed E-state index contributed by atoms with van der Waals surface area (Å²) in [5, 5.41) is 5.52. The predicted octanol–water partition coefficient (Wildman–Crippen LogP) is 6.85. The summed E-state index contributed by atoms with van der Waals surface area (Å²) in [6.07, 6.45) is -5.06. The van der Waals surface area contributed by atoms with Crippen LogP contribution in [-0.2, 0) is 38.1 Å². The van der Waals surface area contributed by atoms with Crippen molar-refractivity contribution in [3.05, 3.63) is 97.9 Å². The average molecular weight is 892 g/mol. The van der Waals surface area contributed by atoms with Gasteiger partial charge in [-0.15, -0.1) is 6.58 Å². The Morgan fingerprint density at radius 3 is 2.24 bits per heavy atom. The van der Waals surface area contributed by atoms with E-state index >= 15 is 0 Å². The number of ether oxygens (including phenoxy) is 3. The van der Waals surface area contributed by atoms with Crippen LogP contribution in [0.4, 0.5) is 28.7 Å². The van der Waals surface area contributed by atoms with Gasteiger partial charge in [-0.2, -0.15) is 13.2 Å². The first-order valence-corrected chi connectivity index (χ1v) is 19.2. The topological polar surface area (TPSA) is 178 Å².